The third kappa shape index (κ3) is 3.19. The zero-order valence-electron chi connectivity index (χ0n) is 13.0. The maximum absolute atomic E-state index is 12.3. The molecule has 1 aliphatic rings. The molecule has 2 rings (SSSR count). The number of piperidine rings is 1. The fourth-order valence-electron chi connectivity index (χ4n) is 2.83. The first kappa shape index (κ1) is 17.0. The molecule has 0 aromatic heterocycles. The highest BCUT2D eigenvalue weighted by Gasteiger charge is 2.52. The van der Waals surface area contributed by atoms with Gasteiger partial charge in [0.25, 0.3) is 0 Å². The van der Waals surface area contributed by atoms with Crippen LogP contribution in [0.5, 0.6) is 0 Å². The zero-order valence-corrected chi connectivity index (χ0v) is 13.0. The van der Waals surface area contributed by atoms with E-state index in [0.717, 1.165) is 4.90 Å². The molecule has 0 unspecified atom stereocenters. The summed E-state index contributed by atoms with van der Waals surface area (Å²) < 4.78 is 9.33. The number of esters is 2. The van der Waals surface area contributed by atoms with Gasteiger partial charge >= 0.3 is 11.9 Å². The van der Waals surface area contributed by atoms with Gasteiger partial charge in [-0.05, 0) is 12.0 Å². The molecule has 7 heteroatoms. The molecule has 1 N–H and O–H groups in total. The van der Waals surface area contributed by atoms with Crippen LogP contribution in [0.4, 0.5) is 0 Å². The van der Waals surface area contributed by atoms with Crippen LogP contribution in [0.15, 0.2) is 30.3 Å². The number of carbonyl (C=O) groups is 3. The van der Waals surface area contributed by atoms with Gasteiger partial charge in [-0.25, -0.2) is 4.79 Å². The highest BCUT2D eigenvalue weighted by atomic mass is 16.5. The molecule has 23 heavy (non-hydrogen) atoms. The first-order chi connectivity index (χ1) is 10.9. The van der Waals surface area contributed by atoms with Gasteiger partial charge in [-0.1, -0.05) is 30.3 Å². The molecule has 1 amide bonds. The molecule has 1 aliphatic heterocycles. The van der Waals surface area contributed by atoms with E-state index in [1.54, 1.807) is 30.3 Å². The summed E-state index contributed by atoms with van der Waals surface area (Å²) >= 11 is 0. The number of benzene rings is 1. The molecular weight excluding hydrogens is 302 g/mol. The number of hydrogen-bond acceptors (Lipinski definition) is 6. The Balaban J connectivity index is 2.47. The lowest BCUT2D eigenvalue weighted by Gasteiger charge is -2.44. The summed E-state index contributed by atoms with van der Waals surface area (Å²) in [4.78, 5) is 37.0. The van der Waals surface area contributed by atoms with Crippen molar-refractivity contribution in [2.75, 3.05) is 20.8 Å². The Bertz CT molecular complexity index is 602. The van der Waals surface area contributed by atoms with Crippen LogP contribution < -0.4 is 0 Å². The van der Waals surface area contributed by atoms with Crippen LogP contribution in [0.3, 0.4) is 0 Å². The van der Waals surface area contributed by atoms with E-state index in [2.05, 4.69) is 4.74 Å². The molecule has 0 saturated carbocycles. The van der Waals surface area contributed by atoms with Crippen LogP contribution in [0.2, 0.25) is 0 Å². The Morgan fingerprint density at radius 1 is 1.26 bits per heavy atom. The van der Waals surface area contributed by atoms with Gasteiger partial charge in [-0.15, -0.1) is 0 Å². The van der Waals surface area contributed by atoms with E-state index in [4.69, 9.17) is 4.74 Å². The monoisotopic (exact) mass is 321 g/mol. The van der Waals surface area contributed by atoms with Crippen molar-refractivity contribution < 1.29 is 29.0 Å². The van der Waals surface area contributed by atoms with Crippen molar-refractivity contribution in [3.63, 3.8) is 0 Å². The standard InChI is InChI=1S/C16H19NO6/c1-22-13(19)10-17-12(18)8-9-16(21,14(17)15(20)23-2)11-6-4-3-5-7-11/h3-7,14,21H,8-10H2,1-2H3/t14-,16-/m1/s1. The Hall–Kier alpha value is -2.41. The van der Waals surface area contributed by atoms with E-state index < -0.39 is 36.0 Å². The predicted octanol–water partition coefficient (Wildman–Crippen LogP) is 0.211. The topological polar surface area (TPSA) is 93.1 Å². The minimum Gasteiger partial charge on any atom is -0.468 e. The molecule has 0 aliphatic carbocycles. The van der Waals surface area contributed by atoms with Crippen LogP contribution in [0.1, 0.15) is 18.4 Å². The van der Waals surface area contributed by atoms with Crippen LogP contribution in [0.25, 0.3) is 0 Å². The van der Waals surface area contributed by atoms with Crippen molar-refractivity contribution in [3.05, 3.63) is 35.9 Å². The van der Waals surface area contributed by atoms with Gasteiger partial charge < -0.3 is 19.5 Å². The first-order valence-corrected chi connectivity index (χ1v) is 7.16. The van der Waals surface area contributed by atoms with Gasteiger partial charge in [0.05, 0.1) is 14.2 Å². The molecule has 1 heterocycles. The van der Waals surface area contributed by atoms with Crippen molar-refractivity contribution in [2.24, 2.45) is 0 Å². The summed E-state index contributed by atoms with van der Waals surface area (Å²) in [6, 6.07) is 7.26. The van der Waals surface area contributed by atoms with Crippen LogP contribution in [0, 0.1) is 0 Å². The number of hydrogen-bond donors (Lipinski definition) is 1. The third-order valence-electron chi connectivity index (χ3n) is 4.03. The zero-order chi connectivity index (χ0) is 17.0. The van der Waals surface area contributed by atoms with E-state index in [0.29, 0.717) is 5.56 Å². The number of carbonyl (C=O) groups excluding carboxylic acids is 3. The second kappa shape index (κ2) is 6.78. The average molecular weight is 321 g/mol. The normalized spacial score (nSPS) is 24.2. The van der Waals surface area contributed by atoms with Gasteiger partial charge in [0, 0.05) is 6.42 Å². The fourth-order valence-corrected chi connectivity index (χ4v) is 2.83. The van der Waals surface area contributed by atoms with Crippen LogP contribution >= 0.6 is 0 Å². The quantitative estimate of drug-likeness (QED) is 0.797. The smallest absolute Gasteiger partial charge is 0.332 e. The summed E-state index contributed by atoms with van der Waals surface area (Å²) in [6.07, 6.45) is 0.0726. The number of likely N-dealkylation sites (tertiary alicyclic amines) is 1. The molecule has 1 aromatic carbocycles. The molecule has 1 aromatic rings. The second-order valence-electron chi connectivity index (χ2n) is 5.31. The number of methoxy groups -OCH3 is 2. The molecule has 1 fully saturated rings. The third-order valence-corrected chi connectivity index (χ3v) is 4.03. The van der Waals surface area contributed by atoms with E-state index in [-0.39, 0.29) is 12.8 Å². The SMILES string of the molecule is COC(=O)CN1C(=O)CC[C@@](O)(c2ccccc2)[C@H]1C(=O)OC. The number of nitrogens with zero attached hydrogens (tertiary/aromatic N) is 1. The van der Waals surface area contributed by atoms with Crippen molar-refractivity contribution in [2.45, 2.75) is 24.5 Å². The van der Waals surface area contributed by atoms with Gasteiger partial charge in [-0.3, -0.25) is 9.59 Å². The van der Waals surface area contributed by atoms with Gasteiger partial charge in [0.15, 0.2) is 6.04 Å². The van der Waals surface area contributed by atoms with Gasteiger partial charge in [0.1, 0.15) is 12.1 Å². The fraction of sp³-hybridized carbons (Fsp3) is 0.438. The number of rotatable bonds is 4. The molecule has 0 bridgehead atoms. The summed E-state index contributed by atoms with van der Waals surface area (Å²) in [6.45, 7) is -0.426. The summed E-state index contributed by atoms with van der Waals surface area (Å²) in [5.41, 5.74) is -1.14. The molecule has 2 atom stereocenters. The summed E-state index contributed by atoms with van der Waals surface area (Å²) in [5.74, 6) is -1.87. The lowest BCUT2D eigenvalue weighted by atomic mass is 9.78. The van der Waals surface area contributed by atoms with E-state index in [1.165, 1.54) is 14.2 Å². The highest BCUT2D eigenvalue weighted by Crippen LogP contribution is 2.38. The van der Waals surface area contributed by atoms with E-state index in [1.807, 2.05) is 0 Å². The molecular formula is C16H19NO6. The number of ether oxygens (including phenoxy) is 2. The number of amides is 1. The van der Waals surface area contributed by atoms with E-state index >= 15 is 0 Å². The Kier molecular flexibility index (Phi) is 5.00. The molecule has 7 nitrogen and oxygen atoms in total. The largest absolute Gasteiger partial charge is 0.468 e. The van der Waals surface area contributed by atoms with Gasteiger partial charge in [-0.2, -0.15) is 0 Å². The Morgan fingerprint density at radius 3 is 2.48 bits per heavy atom. The minimum absolute atomic E-state index is 0.00980. The molecule has 1 saturated heterocycles. The molecule has 0 spiro atoms. The lowest BCUT2D eigenvalue weighted by molar-refractivity contribution is -0.178. The highest BCUT2D eigenvalue weighted by molar-refractivity contribution is 5.90. The Labute approximate surface area is 133 Å². The van der Waals surface area contributed by atoms with Crippen molar-refractivity contribution >= 4 is 17.8 Å². The summed E-state index contributed by atoms with van der Waals surface area (Å²) in [7, 11) is 2.36. The summed E-state index contributed by atoms with van der Waals surface area (Å²) in [5, 5.41) is 11.1. The second-order valence-corrected chi connectivity index (χ2v) is 5.31. The molecule has 0 radical (unpaired) electrons. The predicted molar refractivity (Wildman–Crippen MR) is 79.1 cm³/mol. The maximum atomic E-state index is 12.3. The Morgan fingerprint density at radius 2 is 1.91 bits per heavy atom. The van der Waals surface area contributed by atoms with E-state index in [9.17, 15) is 19.5 Å². The first-order valence-electron chi connectivity index (χ1n) is 7.16. The lowest BCUT2D eigenvalue weighted by Crippen LogP contribution is -2.62. The van der Waals surface area contributed by atoms with Crippen molar-refractivity contribution in [3.8, 4) is 0 Å². The number of aliphatic hydroxyl groups is 1. The van der Waals surface area contributed by atoms with Gasteiger partial charge in [0.2, 0.25) is 5.91 Å². The maximum Gasteiger partial charge on any atom is 0.332 e. The molecule has 124 valence electrons. The average Bonchev–Trinajstić information content (AvgIpc) is 2.58. The van der Waals surface area contributed by atoms with Crippen LogP contribution in [-0.4, -0.2) is 54.7 Å². The van der Waals surface area contributed by atoms with Crippen molar-refractivity contribution in [1.82, 2.24) is 4.90 Å². The van der Waals surface area contributed by atoms with Crippen molar-refractivity contribution in [1.29, 1.82) is 0 Å². The minimum atomic E-state index is -1.63. The van der Waals surface area contributed by atoms with Crippen LogP contribution in [-0.2, 0) is 29.5 Å².